The van der Waals surface area contributed by atoms with E-state index in [2.05, 4.69) is 20.7 Å². The molecule has 1 aliphatic heterocycles. The molecule has 0 radical (unpaired) electrons. The van der Waals surface area contributed by atoms with Crippen LogP contribution in [-0.4, -0.2) is 57.8 Å². The Balaban J connectivity index is 1.39. The second-order valence-corrected chi connectivity index (χ2v) is 7.88. The zero-order valence-corrected chi connectivity index (χ0v) is 18.6. The van der Waals surface area contributed by atoms with E-state index in [-0.39, 0.29) is 12.5 Å². The number of hydrogen-bond acceptors (Lipinski definition) is 7. The number of halogens is 1. The molecule has 0 aliphatic carbocycles. The topological polar surface area (TPSA) is 127 Å². The maximum atomic E-state index is 12.4. The second kappa shape index (κ2) is 10.3. The Kier molecular flexibility index (Phi) is 7.06. The summed E-state index contributed by atoms with van der Waals surface area (Å²) < 4.78 is 6.86. The molecular weight excluding hydrogens is 446 g/mol. The van der Waals surface area contributed by atoms with Crippen molar-refractivity contribution in [3.8, 4) is 0 Å². The van der Waals surface area contributed by atoms with Crippen LogP contribution in [0.5, 0.6) is 0 Å². The standard InChI is InChI=1S/C22H24ClN7O3/c23-18-12-26-20(9-19(18)25-10-15-3-1-2-4-17(15)22(24)32)28-16-11-27-30(13-16)14-21(31)29-5-7-33-8-6-29/h1-4,9,11-13H,5-8,10,14H2,(H2,24,32)(H2,25,26,28). The molecule has 11 heteroatoms. The first kappa shape index (κ1) is 22.6. The smallest absolute Gasteiger partial charge is 0.249 e. The Morgan fingerprint density at radius 1 is 1.18 bits per heavy atom. The van der Waals surface area contributed by atoms with Crippen LogP contribution in [0.2, 0.25) is 5.02 Å². The normalized spacial score (nSPS) is 13.5. The zero-order chi connectivity index (χ0) is 23.2. The van der Waals surface area contributed by atoms with Crippen molar-refractivity contribution in [1.82, 2.24) is 19.7 Å². The molecule has 3 heterocycles. The van der Waals surface area contributed by atoms with E-state index >= 15 is 0 Å². The highest BCUT2D eigenvalue weighted by atomic mass is 35.5. The number of ether oxygens (including phenoxy) is 1. The van der Waals surface area contributed by atoms with Gasteiger partial charge in [0.2, 0.25) is 11.8 Å². The number of benzene rings is 1. The lowest BCUT2D eigenvalue weighted by Gasteiger charge is -2.26. The third-order valence-electron chi connectivity index (χ3n) is 5.17. The Hall–Kier alpha value is -3.63. The molecule has 0 atom stereocenters. The van der Waals surface area contributed by atoms with Crippen molar-refractivity contribution in [2.75, 3.05) is 36.9 Å². The van der Waals surface area contributed by atoms with E-state index < -0.39 is 5.91 Å². The fraction of sp³-hybridized carbons (Fsp3) is 0.273. The number of hydrogen-bond donors (Lipinski definition) is 3. The van der Waals surface area contributed by atoms with Crippen LogP contribution < -0.4 is 16.4 Å². The van der Waals surface area contributed by atoms with Crippen molar-refractivity contribution in [1.29, 1.82) is 0 Å². The minimum atomic E-state index is -0.486. The summed E-state index contributed by atoms with van der Waals surface area (Å²) in [5.41, 5.74) is 7.99. The van der Waals surface area contributed by atoms with Crippen LogP contribution in [0.15, 0.2) is 48.9 Å². The van der Waals surface area contributed by atoms with E-state index in [1.807, 2.05) is 12.1 Å². The van der Waals surface area contributed by atoms with Gasteiger partial charge in [-0.15, -0.1) is 0 Å². The third kappa shape index (κ3) is 5.79. The largest absolute Gasteiger partial charge is 0.380 e. The molecule has 1 aliphatic rings. The van der Waals surface area contributed by atoms with E-state index in [1.54, 1.807) is 40.2 Å². The van der Waals surface area contributed by atoms with Crippen molar-refractivity contribution in [2.45, 2.75) is 13.1 Å². The van der Waals surface area contributed by atoms with Gasteiger partial charge >= 0.3 is 0 Å². The number of aromatic nitrogens is 3. The number of pyridine rings is 1. The highest BCUT2D eigenvalue weighted by molar-refractivity contribution is 6.33. The Morgan fingerprint density at radius 2 is 1.97 bits per heavy atom. The number of nitrogens with one attached hydrogen (secondary N) is 2. The summed E-state index contributed by atoms with van der Waals surface area (Å²) >= 11 is 6.29. The maximum Gasteiger partial charge on any atom is 0.249 e. The first-order valence-corrected chi connectivity index (χ1v) is 10.8. The number of carbonyl (C=O) groups is 2. The van der Waals surface area contributed by atoms with Gasteiger partial charge in [-0.1, -0.05) is 29.8 Å². The average Bonchev–Trinajstić information content (AvgIpc) is 3.26. The molecule has 1 aromatic carbocycles. The van der Waals surface area contributed by atoms with E-state index in [9.17, 15) is 9.59 Å². The Labute approximate surface area is 195 Å². The van der Waals surface area contributed by atoms with Crippen molar-refractivity contribution in [3.05, 3.63) is 65.1 Å². The maximum absolute atomic E-state index is 12.4. The predicted octanol–water partition coefficient (Wildman–Crippen LogP) is 2.24. The molecule has 0 saturated carbocycles. The van der Waals surface area contributed by atoms with Gasteiger partial charge in [-0.3, -0.25) is 14.3 Å². The number of morpholine rings is 1. The lowest BCUT2D eigenvalue weighted by atomic mass is 10.1. The van der Waals surface area contributed by atoms with Gasteiger partial charge in [-0.05, 0) is 11.6 Å². The van der Waals surface area contributed by atoms with Crippen LogP contribution in [0, 0.1) is 0 Å². The molecule has 4 N–H and O–H groups in total. The summed E-state index contributed by atoms with van der Waals surface area (Å²) in [5.74, 6) is 0.0594. The van der Waals surface area contributed by atoms with Gasteiger partial charge in [0, 0.05) is 37.5 Å². The van der Waals surface area contributed by atoms with Crippen LogP contribution in [0.4, 0.5) is 17.2 Å². The Morgan fingerprint density at radius 3 is 2.76 bits per heavy atom. The van der Waals surface area contributed by atoms with Gasteiger partial charge in [0.1, 0.15) is 12.4 Å². The Bertz CT molecular complexity index is 1140. The van der Waals surface area contributed by atoms with Gasteiger partial charge in [0.15, 0.2) is 0 Å². The molecule has 2 aromatic heterocycles. The first-order chi connectivity index (χ1) is 16.0. The number of amides is 2. The van der Waals surface area contributed by atoms with Crippen LogP contribution in [0.25, 0.3) is 0 Å². The zero-order valence-electron chi connectivity index (χ0n) is 17.8. The number of primary amides is 1. The summed E-state index contributed by atoms with van der Waals surface area (Å²) in [4.78, 5) is 30.1. The molecule has 1 fully saturated rings. The van der Waals surface area contributed by atoms with Crippen LogP contribution >= 0.6 is 11.6 Å². The monoisotopic (exact) mass is 469 g/mol. The van der Waals surface area contributed by atoms with Crippen molar-refractivity contribution >= 4 is 40.6 Å². The van der Waals surface area contributed by atoms with Crippen molar-refractivity contribution < 1.29 is 14.3 Å². The highest BCUT2D eigenvalue weighted by Gasteiger charge is 2.17. The summed E-state index contributed by atoms with van der Waals surface area (Å²) in [6.45, 7) is 2.83. The van der Waals surface area contributed by atoms with E-state index in [0.717, 1.165) is 5.56 Å². The fourth-order valence-corrected chi connectivity index (χ4v) is 3.63. The van der Waals surface area contributed by atoms with E-state index in [0.29, 0.717) is 60.6 Å². The minimum Gasteiger partial charge on any atom is -0.380 e. The molecule has 10 nitrogen and oxygen atoms in total. The van der Waals surface area contributed by atoms with Gasteiger partial charge in [-0.25, -0.2) is 4.98 Å². The van der Waals surface area contributed by atoms with Crippen LogP contribution in [-0.2, 0) is 22.6 Å². The molecule has 4 rings (SSSR count). The molecule has 172 valence electrons. The number of rotatable bonds is 8. The van der Waals surface area contributed by atoms with Crippen molar-refractivity contribution in [3.63, 3.8) is 0 Å². The number of carbonyl (C=O) groups excluding carboxylic acids is 2. The minimum absolute atomic E-state index is 0.000274. The van der Waals surface area contributed by atoms with Crippen LogP contribution in [0.3, 0.4) is 0 Å². The lowest BCUT2D eigenvalue weighted by molar-refractivity contribution is -0.136. The van der Waals surface area contributed by atoms with Gasteiger partial charge in [0.05, 0.1) is 42.0 Å². The average molecular weight is 470 g/mol. The predicted molar refractivity (Wildman–Crippen MR) is 124 cm³/mol. The number of anilines is 3. The number of nitrogens with zero attached hydrogens (tertiary/aromatic N) is 4. The molecule has 0 bridgehead atoms. The molecule has 1 saturated heterocycles. The molecule has 3 aromatic rings. The summed E-state index contributed by atoms with van der Waals surface area (Å²) in [6, 6.07) is 8.87. The molecular formula is C22H24ClN7O3. The van der Waals surface area contributed by atoms with E-state index in [4.69, 9.17) is 22.1 Å². The molecule has 0 spiro atoms. The number of nitrogens with two attached hydrogens (primary N) is 1. The van der Waals surface area contributed by atoms with Crippen LogP contribution in [0.1, 0.15) is 15.9 Å². The molecule has 0 unspecified atom stereocenters. The SMILES string of the molecule is NC(=O)c1ccccc1CNc1cc(Nc2cnn(CC(=O)N3CCOCC3)c2)ncc1Cl. The van der Waals surface area contributed by atoms with Crippen molar-refractivity contribution in [2.24, 2.45) is 5.73 Å². The third-order valence-corrected chi connectivity index (χ3v) is 5.48. The van der Waals surface area contributed by atoms with Gasteiger partial charge < -0.3 is 26.0 Å². The summed E-state index contributed by atoms with van der Waals surface area (Å²) in [6.07, 6.45) is 4.89. The lowest BCUT2D eigenvalue weighted by Crippen LogP contribution is -2.42. The summed E-state index contributed by atoms with van der Waals surface area (Å²) in [7, 11) is 0. The van der Waals surface area contributed by atoms with Gasteiger partial charge in [-0.2, -0.15) is 5.10 Å². The van der Waals surface area contributed by atoms with E-state index in [1.165, 1.54) is 6.20 Å². The van der Waals surface area contributed by atoms with Gasteiger partial charge in [0.25, 0.3) is 0 Å². The first-order valence-electron chi connectivity index (χ1n) is 10.4. The molecule has 2 amide bonds. The second-order valence-electron chi connectivity index (χ2n) is 7.47. The summed E-state index contributed by atoms with van der Waals surface area (Å²) in [5, 5.41) is 11.1. The molecule has 33 heavy (non-hydrogen) atoms. The quantitative estimate of drug-likeness (QED) is 0.461. The fourth-order valence-electron chi connectivity index (χ4n) is 3.46. The highest BCUT2D eigenvalue weighted by Crippen LogP contribution is 2.26.